The van der Waals surface area contributed by atoms with Crippen molar-refractivity contribution in [3.05, 3.63) is 64.7 Å². The molecule has 6 heteroatoms. The predicted molar refractivity (Wildman–Crippen MR) is 99.3 cm³/mol. The zero-order valence-corrected chi connectivity index (χ0v) is 15.7. The minimum Gasteiger partial charge on any atom is -0.465 e. The number of ether oxygens (including phenoxy) is 1. The van der Waals surface area contributed by atoms with Gasteiger partial charge in [0.25, 0.3) is 0 Å². The fourth-order valence-electron chi connectivity index (χ4n) is 2.58. The van der Waals surface area contributed by atoms with E-state index in [1.165, 1.54) is 7.11 Å². The van der Waals surface area contributed by atoms with Crippen molar-refractivity contribution < 1.29 is 17.9 Å². The molecule has 0 aliphatic carbocycles. The van der Waals surface area contributed by atoms with Crippen molar-refractivity contribution in [3.8, 4) is 0 Å². The summed E-state index contributed by atoms with van der Waals surface area (Å²) in [6.07, 6.45) is 0. The minimum atomic E-state index is -3.57. The van der Waals surface area contributed by atoms with E-state index < -0.39 is 16.0 Å². The predicted octanol–water partition coefficient (Wildman–Crippen LogP) is 3.85. The van der Waals surface area contributed by atoms with E-state index in [0.717, 1.165) is 11.1 Å². The smallest absolute Gasteiger partial charge is 0.337 e. The highest BCUT2D eigenvalue weighted by Crippen LogP contribution is 2.28. The van der Waals surface area contributed by atoms with E-state index in [0.29, 0.717) is 16.8 Å². The van der Waals surface area contributed by atoms with Crippen LogP contribution in [0.3, 0.4) is 0 Å². The molecule has 134 valence electrons. The lowest BCUT2D eigenvalue weighted by Crippen LogP contribution is -2.17. The Balaban J connectivity index is 2.22. The van der Waals surface area contributed by atoms with E-state index in [2.05, 4.69) is 9.46 Å². The van der Waals surface area contributed by atoms with Gasteiger partial charge in [-0.25, -0.2) is 13.2 Å². The van der Waals surface area contributed by atoms with E-state index in [1.807, 2.05) is 39.0 Å². The summed E-state index contributed by atoms with van der Waals surface area (Å²) < 4.78 is 32.5. The Bertz CT molecular complexity index is 855. The number of sulfonamides is 1. The number of methoxy groups -OCH3 is 1. The number of esters is 1. The van der Waals surface area contributed by atoms with Gasteiger partial charge in [-0.1, -0.05) is 44.2 Å². The van der Waals surface area contributed by atoms with Gasteiger partial charge in [0, 0.05) is 0 Å². The van der Waals surface area contributed by atoms with Crippen LogP contribution in [0.2, 0.25) is 0 Å². The number of carbonyl (C=O) groups excluding carboxylic acids is 1. The van der Waals surface area contributed by atoms with Gasteiger partial charge in [-0.15, -0.1) is 0 Å². The van der Waals surface area contributed by atoms with Crippen LogP contribution in [0.5, 0.6) is 0 Å². The number of nitrogens with one attached hydrogen (secondary N) is 1. The van der Waals surface area contributed by atoms with Crippen molar-refractivity contribution in [2.45, 2.75) is 32.4 Å². The molecule has 0 amide bonds. The quantitative estimate of drug-likeness (QED) is 0.793. The third-order valence-corrected chi connectivity index (χ3v) is 5.14. The lowest BCUT2D eigenvalue weighted by Gasteiger charge is -2.17. The fraction of sp³-hybridized carbons (Fsp3) is 0.316. The molecule has 0 aromatic heterocycles. The first-order chi connectivity index (χ1) is 11.7. The highest BCUT2D eigenvalue weighted by Gasteiger charge is 2.17. The molecule has 5 nitrogen and oxygen atoms in total. The number of hydrogen-bond donors (Lipinski definition) is 1. The monoisotopic (exact) mass is 361 g/mol. The Morgan fingerprint density at radius 1 is 1.12 bits per heavy atom. The highest BCUT2D eigenvalue weighted by molar-refractivity contribution is 7.91. The Morgan fingerprint density at radius 3 is 2.32 bits per heavy atom. The molecule has 2 rings (SSSR count). The molecular formula is C19H23NO4S. The van der Waals surface area contributed by atoms with E-state index in [-0.39, 0.29) is 11.7 Å². The molecule has 1 N–H and O–H groups in total. The van der Waals surface area contributed by atoms with Crippen LogP contribution in [0.1, 0.15) is 46.8 Å². The SMILES string of the molecule is COC(=O)c1ccc(CS(=O)(=O)Nc2c(C)cccc2C(C)C)cc1. The maximum absolute atomic E-state index is 12.6. The van der Waals surface area contributed by atoms with Gasteiger partial charge in [-0.3, -0.25) is 4.72 Å². The van der Waals surface area contributed by atoms with Crippen LogP contribution in [-0.2, 0) is 20.5 Å². The minimum absolute atomic E-state index is 0.166. The first kappa shape index (κ1) is 19.0. The molecule has 0 saturated heterocycles. The van der Waals surface area contributed by atoms with Crippen molar-refractivity contribution in [2.24, 2.45) is 0 Å². The first-order valence-electron chi connectivity index (χ1n) is 8.00. The van der Waals surface area contributed by atoms with Crippen LogP contribution in [0, 0.1) is 6.92 Å². The van der Waals surface area contributed by atoms with Crippen molar-refractivity contribution in [1.29, 1.82) is 0 Å². The maximum atomic E-state index is 12.6. The van der Waals surface area contributed by atoms with Crippen molar-refractivity contribution in [1.82, 2.24) is 0 Å². The summed E-state index contributed by atoms with van der Waals surface area (Å²) in [7, 11) is -2.27. The topological polar surface area (TPSA) is 72.5 Å². The number of anilines is 1. The molecule has 0 heterocycles. The van der Waals surface area contributed by atoms with Gasteiger partial charge in [0.05, 0.1) is 24.1 Å². The summed E-state index contributed by atoms with van der Waals surface area (Å²) in [4.78, 5) is 11.4. The maximum Gasteiger partial charge on any atom is 0.337 e. The zero-order valence-electron chi connectivity index (χ0n) is 14.9. The van der Waals surface area contributed by atoms with Crippen molar-refractivity contribution >= 4 is 21.7 Å². The molecule has 0 bridgehead atoms. The van der Waals surface area contributed by atoms with E-state index in [9.17, 15) is 13.2 Å². The van der Waals surface area contributed by atoms with Gasteiger partial charge >= 0.3 is 5.97 Å². The number of rotatable bonds is 6. The Morgan fingerprint density at radius 2 is 1.76 bits per heavy atom. The Labute approximate surface area is 149 Å². The second-order valence-corrected chi connectivity index (χ2v) is 7.97. The Kier molecular flexibility index (Phi) is 5.85. The van der Waals surface area contributed by atoms with Crippen LogP contribution in [0.25, 0.3) is 0 Å². The van der Waals surface area contributed by atoms with Crippen LogP contribution in [0.15, 0.2) is 42.5 Å². The normalized spacial score (nSPS) is 11.4. The lowest BCUT2D eigenvalue weighted by molar-refractivity contribution is 0.0600. The van der Waals surface area contributed by atoms with Crippen LogP contribution in [-0.4, -0.2) is 21.5 Å². The van der Waals surface area contributed by atoms with Gasteiger partial charge in [0.1, 0.15) is 0 Å². The molecule has 0 spiro atoms. The van der Waals surface area contributed by atoms with Crippen LogP contribution < -0.4 is 4.72 Å². The number of benzene rings is 2. The third-order valence-electron chi connectivity index (χ3n) is 3.92. The average molecular weight is 361 g/mol. The molecule has 2 aromatic carbocycles. The summed E-state index contributed by atoms with van der Waals surface area (Å²) in [5.74, 6) is -0.411. The van der Waals surface area contributed by atoms with Gasteiger partial charge in [-0.2, -0.15) is 0 Å². The van der Waals surface area contributed by atoms with Crippen molar-refractivity contribution in [2.75, 3.05) is 11.8 Å². The standard InChI is InChI=1S/C19H23NO4S/c1-13(2)17-7-5-6-14(3)18(17)20-25(22,23)12-15-8-10-16(11-9-15)19(21)24-4/h5-11,13,20H,12H2,1-4H3. The molecular weight excluding hydrogens is 338 g/mol. The van der Waals surface area contributed by atoms with E-state index >= 15 is 0 Å². The van der Waals surface area contributed by atoms with E-state index in [4.69, 9.17) is 0 Å². The molecule has 0 saturated carbocycles. The second kappa shape index (κ2) is 7.70. The third kappa shape index (κ3) is 4.82. The summed E-state index contributed by atoms with van der Waals surface area (Å²) in [6.45, 7) is 5.94. The molecule has 0 aliphatic heterocycles. The van der Waals surface area contributed by atoms with Crippen molar-refractivity contribution in [3.63, 3.8) is 0 Å². The highest BCUT2D eigenvalue weighted by atomic mass is 32.2. The number of para-hydroxylation sites is 1. The molecule has 0 aliphatic rings. The largest absolute Gasteiger partial charge is 0.465 e. The summed E-state index contributed by atoms with van der Waals surface area (Å²) in [5, 5.41) is 0. The second-order valence-electron chi connectivity index (χ2n) is 6.24. The first-order valence-corrected chi connectivity index (χ1v) is 9.66. The molecule has 0 unspecified atom stereocenters. The fourth-order valence-corrected chi connectivity index (χ4v) is 3.87. The van der Waals surface area contributed by atoms with Gasteiger partial charge in [-0.05, 0) is 41.7 Å². The van der Waals surface area contributed by atoms with Crippen LogP contribution >= 0.6 is 0 Å². The lowest BCUT2D eigenvalue weighted by atomic mass is 9.99. The van der Waals surface area contributed by atoms with Crippen LogP contribution in [0.4, 0.5) is 5.69 Å². The Hall–Kier alpha value is -2.34. The van der Waals surface area contributed by atoms with Gasteiger partial charge in [0.15, 0.2) is 0 Å². The average Bonchev–Trinajstić information content (AvgIpc) is 2.56. The summed E-state index contributed by atoms with van der Waals surface area (Å²) >= 11 is 0. The summed E-state index contributed by atoms with van der Waals surface area (Å²) in [5.41, 5.74) is 3.47. The molecule has 2 aromatic rings. The number of carbonyl (C=O) groups is 1. The zero-order chi connectivity index (χ0) is 18.6. The van der Waals surface area contributed by atoms with Gasteiger partial charge < -0.3 is 4.74 Å². The molecule has 0 fully saturated rings. The summed E-state index contributed by atoms with van der Waals surface area (Å²) in [6, 6.07) is 12.1. The number of hydrogen-bond acceptors (Lipinski definition) is 4. The van der Waals surface area contributed by atoms with Gasteiger partial charge in [0.2, 0.25) is 10.0 Å². The molecule has 25 heavy (non-hydrogen) atoms. The number of aryl methyl sites for hydroxylation is 1. The van der Waals surface area contributed by atoms with E-state index in [1.54, 1.807) is 24.3 Å². The molecule has 0 radical (unpaired) electrons. The molecule has 0 atom stereocenters.